The molecule has 24 heavy (non-hydrogen) atoms. The molecule has 0 rings (SSSR count). The van der Waals surface area contributed by atoms with E-state index in [2.05, 4.69) is 8.83 Å². The van der Waals surface area contributed by atoms with Crippen molar-refractivity contribution >= 4 is 15.6 Å². The van der Waals surface area contributed by atoms with Gasteiger partial charge in [0.1, 0.15) is 0 Å². The van der Waals surface area contributed by atoms with Gasteiger partial charge in [-0.2, -0.15) is 4.31 Å². The summed E-state index contributed by atoms with van der Waals surface area (Å²) in [5, 5.41) is 0. The van der Waals surface area contributed by atoms with Crippen molar-refractivity contribution in [1.82, 2.24) is 0 Å². The predicted octanol–water partition coefficient (Wildman–Crippen LogP) is 4.63. The van der Waals surface area contributed by atoms with E-state index < -0.39 is 22.5 Å². The van der Waals surface area contributed by atoms with Gasteiger partial charge in [-0.15, -0.1) is 0 Å². The van der Waals surface area contributed by atoms with Crippen LogP contribution < -0.4 is 0 Å². The maximum absolute atomic E-state index is 11.3. The first-order valence-corrected chi connectivity index (χ1v) is 10.4. The van der Waals surface area contributed by atoms with Crippen LogP contribution in [0.15, 0.2) is 34.9 Å². The summed E-state index contributed by atoms with van der Waals surface area (Å²) in [7, 11) is -9.92. The maximum atomic E-state index is 11.3. The molecule has 3 N–H and O–H groups in total. The second kappa shape index (κ2) is 11.2. The van der Waals surface area contributed by atoms with E-state index in [9.17, 15) is 9.13 Å². The molecule has 0 aromatic rings. The van der Waals surface area contributed by atoms with E-state index >= 15 is 0 Å². The summed E-state index contributed by atoms with van der Waals surface area (Å²) in [6, 6.07) is 0. The van der Waals surface area contributed by atoms with Crippen LogP contribution in [0.5, 0.6) is 0 Å². The topological polar surface area (TPSA) is 113 Å². The van der Waals surface area contributed by atoms with Crippen molar-refractivity contribution in [2.75, 3.05) is 6.61 Å². The Balaban J connectivity index is 4.28. The molecule has 7 nitrogen and oxygen atoms in total. The zero-order chi connectivity index (χ0) is 21.3. The van der Waals surface area contributed by atoms with Crippen molar-refractivity contribution in [3.8, 4) is 0 Å². The molecule has 0 aromatic heterocycles. The fraction of sp³-hybridized carbons (Fsp3) is 0.600. The molecule has 0 bridgehead atoms. The van der Waals surface area contributed by atoms with E-state index in [-0.39, 0.29) is 6.61 Å². The van der Waals surface area contributed by atoms with Crippen molar-refractivity contribution in [3.63, 3.8) is 0 Å². The van der Waals surface area contributed by atoms with E-state index in [4.69, 9.17) is 18.8 Å². The predicted molar refractivity (Wildman–Crippen MR) is 94.3 cm³/mol. The van der Waals surface area contributed by atoms with E-state index in [1.54, 1.807) is 19.9 Å². The summed E-state index contributed by atoms with van der Waals surface area (Å²) in [6.45, 7) is 2.99. The molecule has 140 valence electrons. The molecule has 1 unspecified atom stereocenters. The summed E-state index contributed by atoms with van der Waals surface area (Å²) in [5.74, 6) is 0. The van der Waals surface area contributed by atoms with Crippen LogP contribution in [0.2, 0.25) is 0 Å². The van der Waals surface area contributed by atoms with Crippen LogP contribution in [0.25, 0.3) is 0 Å². The van der Waals surface area contributed by atoms with Crippen LogP contribution in [0, 0.1) is 0 Å². The molecule has 0 heterocycles. The van der Waals surface area contributed by atoms with Crippen LogP contribution in [-0.4, -0.2) is 21.3 Å². The van der Waals surface area contributed by atoms with Crippen molar-refractivity contribution in [1.29, 1.82) is 0 Å². The number of hydrogen-bond acceptors (Lipinski definition) is 4. The molecular weight excluding hydrogens is 354 g/mol. The zero-order valence-electron chi connectivity index (χ0n) is 17.1. The number of phosphoric acid groups is 2. The molecule has 0 saturated carbocycles. The Morgan fingerprint density at radius 3 is 2.08 bits per heavy atom. The average Bonchev–Trinajstić information content (AvgIpc) is 2.43. The van der Waals surface area contributed by atoms with Crippen LogP contribution >= 0.6 is 15.6 Å². The Labute approximate surface area is 148 Å². The molecule has 0 aliphatic heterocycles. The highest BCUT2D eigenvalue weighted by molar-refractivity contribution is 7.60. The Morgan fingerprint density at radius 1 is 1.00 bits per heavy atom. The summed E-state index contributed by atoms with van der Waals surface area (Å²) < 4.78 is 51.7. The highest BCUT2D eigenvalue weighted by Crippen LogP contribution is 2.57. The fourth-order valence-electron chi connectivity index (χ4n) is 1.70. The lowest BCUT2D eigenvalue weighted by molar-refractivity contribution is 0.191. The van der Waals surface area contributed by atoms with Gasteiger partial charge in [-0.25, -0.2) is 9.13 Å². The van der Waals surface area contributed by atoms with Crippen LogP contribution in [0.4, 0.5) is 0 Å². The first-order chi connectivity index (χ1) is 12.1. The third kappa shape index (κ3) is 15.0. The molecule has 0 aliphatic carbocycles. The first-order valence-electron chi connectivity index (χ1n) is 8.85. The maximum Gasteiger partial charge on any atom is 0.481 e. The molecule has 1 atom stereocenters. The molecule has 0 fully saturated rings. The quantitative estimate of drug-likeness (QED) is 0.351. The highest BCUT2D eigenvalue weighted by Gasteiger charge is 2.31. The third-order valence-electron chi connectivity index (χ3n) is 2.90. The van der Waals surface area contributed by atoms with E-state index in [1.165, 1.54) is 6.08 Å². The average molecular weight is 385 g/mol. The van der Waals surface area contributed by atoms with Gasteiger partial charge >= 0.3 is 15.6 Å². The summed E-state index contributed by atoms with van der Waals surface area (Å²) in [5.41, 5.74) is 2.38. The lowest BCUT2D eigenvalue weighted by atomic mass is 10.1. The zero-order valence-corrected chi connectivity index (χ0v) is 15.9. The van der Waals surface area contributed by atoms with E-state index in [0.29, 0.717) is 18.4 Å². The van der Waals surface area contributed by atoms with Crippen LogP contribution in [0.3, 0.4) is 0 Å². The minimum atomic E-state index is -5.11. The number of rotatable bonds is 11. The van der Waals surface area contributed by atoms with Crippen molar-refractivity contribution in [2.45, 2.75) is 53.3 Å². The number of allylic oxidation sites excluding steroid dienone is 5. The molecule has 0 radical (unpaired) electrons. The second-order valence-electron chi connectivity index (χ2n) is 5.40. The van der Waals surface area contributed by atoms with Gasteiger partial charge in [-0.05, 0) is 53.3 Å². The monoisotopic (exact) mass is 385 g/mol. The summed E-state index contributed by atoms with van der Waals surface area (Å²) >= 11 is 0. The fourth-order valence-corrected chi connectivity index (χ4v) is 3.23. The minimum Gasteiger partial charge on any atom is -0.302 e. The molecule has 0 aromatic carbocycles. The Kier molecular flexibility index (Phi) is 8.50. The number of phosphoric ester groups is 1. The second-order valence-corrected chi connectivity index (χ2v) is 8.23. The van der Waals surface area contributed by atoms with E-state index in [1.807, 2.05) is 13.0 Å². The third-order valence-corrected chi connectivity index (χ3v) is 5.05. The lowest BCUT2D eigenvalue weighted by Crippen LogP contribution is -1.94. The summed E-state index contributed by atoms with van der Waals surface area (Å²) in [4.78, 5) is 26.1. The van der Waals surface area contributed by atoms with Crippen LogP contribution in [0.1, 0.15) is 57.4 Å². The van der Waals surface area contributed by atoms with Crippen molar-refractivity contribution < 1.29 is 36.8 Å². The minimum absolute atomic E-state index is 0.318. The van der Waals surface area contributed by atoms with Crippen LogP contribution in [-0.2, 0) is 18.0 Å². The smallest absolute Gasteiger partial charge is 0.302 e. The molecular formula is C15H28O7P2. The molecule has 9 heteroatoms. The largest absolute Gasteiger partial charge is 0.481 e. The van der Waals surface area contributed by atoms with Crippen molar-refractivity contribution in [2.24, 2.45) is 0 Å². The van der Waals surface area contributed by atoms with Gasteiger partial charge in [0, 0.05) is 4.11 Å². The van der Waals surface area contributed by atoms with Gasteiger partial charge in [-0.1, -0.05) is 34.9 Å². The molecule has 0 spiro atoms. The normalized spacial score (nSPS) is 19.4. The van der Waals surface area contributed by atoms with Gasteiger partial charge in [0.15, 0.2) is 0 Å². The number of hydrogen-bond donors (Lipinski definition) is 3. The lowest BCUT2D eigenvalue weighted by Gasteiger charge is -2.11. The van der Waals surface area contributed by atoms with E-state index in [0.717, 1.165) is 24.0 Å². The highest BCUT2D eigenvalue weighted by atomic mass is 31.3. The SMILES string of the molecule is [2H]C([2H])([2H])/C(C)=C/CC/C(C)=C/CC/C(C)=C/COP(=O)(O)OP(=O)(O)O. The van der Waals surface area contributed by atoms with Gasteiger partial charge < -0.3 is 14.7 Å². The Bertz CT molecular complexity index is 663. The van der Waals surface area contributed by atoms with Crippen molar-refractivity contribution in [3.05, 3.63) is 34.9 Å². The molecule has 0 saturated heterocycles. The van der Waals surface area contributed by atoms with Gasteiger partial charge in [0.2, 0.25) is 0 Å². The van der Waals surface area contributed by atoms with Gasteiger partial charge in [-0.3, -0.25) is 4.52 Å². The standard InChI is InChI=1S/C15H28O7P2/c1-13(2)7-5-8-14(3)9-6-10-15(4)11-12-21-24(19,20)22-23(16,17)18/h7,9,11H,5-6,8,10,12H2,1-4H3,(H,19,20)(H2,16,17,18)/b14-9+,15-11+/i1D3/b13-7-,14-9+,15-11+. The first kappa shape index (κ1) is 18.3. The van der Waals surface area contributed by atoms with Gasteiger partial charge in [0.25, 0.3) is 0 Å². The molecule has 0 aliphatic rings. The Morgan fingerprint density at radius 2 is 1.54 bits per heavy atom. The Hall–Kier alpha value is -0.520. The van der Waals surface area contributed by atoms with Gasteiger partial charge in [0.05, 0.1) is 6.61 Å². The summed E-state index contributed by atoms with van der Waals surface area (Å²) in [6.07, 6.45) is 8.08. The molecule has 0 amide bonds.